The van der Waals surface area contributed by atoms with Crippen LogP contribution in [0.2, 0.25) is 0 Å². The molecule has 0 aliphatic heterocycles. The van der Waals surface area contributed by atoms with Crippen LogP contribution in [0.4, 0.5) is 0 Å². The van der Waals surface area contributed by atoms with Crippen LogP contribution in [0.3, 0.4) is 0 Å². The number of carbonyl (C=O) groups excluding carboxylic acids is 1. The molecule has 0 fully saturated rings. The molecule has 21 heavy (non-hydrogen) atoms. The first-order valence-electron chi connectivity index (χ1n) is 6.66. The van der Waals surface area contributed by atoms with E-state index in [-0.39, 0.29) is 6.61 Å². The van der Waals surface area contributed by atoms with Crippen LogP contribution < -0.4 is 11.1 Å². The van der Waals surface area contributed by atoms with Crippen molar-refractivity contribution in [2.45, 2.75) is 13.0 Å². The second-order valence-electron chi connectivity index (χ2n) is 4.46. The summed E-state index contributed by atoms with van der Waals surface area (Å²) in [4.78, 5) is 14.7. The molecule has 0 saturated carbocycles. The average Bonchev–Trinajstić information content (AvgIpc) is 2.91. The number of nitrogens with zero attached hydrogens (tertiary/aromatic N) is 2. The zero-order valence-electron chi connectivity index (χ0n) is 11.6. The maximum atomic E-state index is 10.4. The summed E-state index contributed by atoms with van der Waals surface area (Å²) in [5, 5.41) is 7.01. The normalized spacial score (nSPS) is 10.7. The van der Waals surface area contributed by atoms with Crippen molar-refractivity contribution in [3.63, 3.8) is 0 Å². The van der Waals surface area contributed by atoms with Crippen molar-refractivity contribution < 1.29 is 14.1 Å². The summed E-state index contributed by atoms with van der Waals surface area (Å²) in [5.74, 6) is 0.705. The van der Waals surface area contributed by atoms with E-state index in [1.54, 1.807) is 0 Å². The summed E-state index contributed by atoms with van der Waals surface area (Å²) in [6.07, 6.45) is 0.645. The molecule has 0 unspecified atom stereocenters. The highest BCUT2D eigenvalue weighted by Crippen LogP contribution is 2.06. The van der Waals surface area contributed by atoms with E-state index in [0.717, 1.165) is 5.56 Å². The predicted octanol–water partition coefficient (Wildman–Crippen LogP) is 0.252. The third kappa shape index (κ3) is 5.72. The minimum Gasteiger partial charge on any atom is -0.370 e. The Balaban J connectivity index is 1.67. The number of hydrogen-bond donors (Lipinski definition) is 2. The van der Waals surface area contributed by atoms with Crippen LogP contribution in [0.1, 0.15) is 17.3 Å². The zero-order chi connectivity index (χ0) is 14.9. The van der Waals surface area contributed by atoms with Crippen molar-refractivity contribution >= 4 is 5.91 Å². The lowest BCUT2D eigenvalue weighted by Gasteiger charge is -2.01. The van der Waals surface area contributed by atoms with Gasteiger partial charge in [0.1, 0.15) is 6.61 Å². The van der Waals surface area contributed by atoms with Gasteiger partial charge in [-0.25, -0.2) is 0 Å². The molecule has 1 heterocycles. The second-order valence-corrected chi connectivity index (χ2v) is 4.46. The number of benzene rings is 1. The molecular weight excluding hydrogens is 272 g/mol. The van der Waals surface area contributed by atoms with Crippen molar-refractivity contribution in [2.75, 3.05) is 19.8 Å². The molecule has 1 amide bonds. The van der Waals surface area contributed by atoms with Gasteiger partial charge in [-0.05, 0) is 5.56 Å². The molecule has 0 radical (unpaired) electrons. The molecule has 0 saturated heterocycles. The minimum atomic E-state index is -0.475. The Morgan fingerprint density at radius 2 is 2.14 bits per heavy atom. The van der Waals surface area contributed by atoms with Gasteiger partial charge in [0.05, 0.1) is 13.2 Å². The maximum absolute atomic E-state index is 10.4. The smallest absolute Gasteiger partial charge is 0.243 e. The number of ether oxygens (including phenoxy) is 1. The Morgan fingerprint density at radius 3 is 2.90 bits per heavy atom. The van der Waals surface area contributed by atoms with Crippen molar-refractivity contribution in [2.24, 2.45) is 5.73 Å². The molecule has 0 bridgehead atoms. The average molecular weight is 290 g/mol. The quantitative estimate of drug-likeness (QED) is 0.642. The van der Waals surface area contributed by atoms with E-state index in [0.29, 0.717) is 37.8 Å². The molecule has 2 aromatic rings. The molecule has 3 N–H and O–H groups in total. The highest BCUT2D eigenvalue weighted by molar-refractivity contribution is 5.74. The van der Waals surface area contributed by atoms with Gasteiger partial charge >= 0.3 is 0 Å². The van der Waals surface area contributed by atoms with Gasteiger partial charge in [-0.2, -0.15) is 4.98 Å². The molecule has 0 aliphatic carbocycles. The molecule has 7 heteroatoms. The molecule has 2 rings (SSSR count). The fourth-order valence-corrected chi connectivity index (χ4v) is 1.72. The number of hydrogen-bond acceptors (Lipinski definition) is 6. The van der Waals surface area contributed by atoms with Crippen molar-refractivity contribution in [3.05, 3.63) is 47.6 Å². The van der Waals surface area contributed by atoms with Crippen LogP contribution in [0, 0.1) is 0 Å². The number of primary amides is 1. The Bertz CT molecular complexity index is 556. The summed E-state index contributed by atoms with van der Waals surface area (Å²) < 4.78 is 10.2. The monoisotopic (exact) mass is 290 g/mol. The minimum absolute atomic E-state index is 0.0660. The van der Waals surface area contributed by atoms with E-state index in [4.69, 9.17) is 15.0 Å². The second kappa shape index (κ2) is 8.13. The molecule has 0 atom stereocenters. The Kier molecular flexibility index (Phi) is 5.86. The van der Waals surface area contributed by atoms with Crippen LogP contribution in [-0.2, 0) is 22.5 Å². The number of rotatable bonds is 9. The molecular formula is C14H18N4O3. The summed E-state index contributed by atoms with van der Waals surface area (Å²) in [6.45, 7) is 1.36. The summed E-state index contributed by atoms with van der Waals surface area (Å²) in [5.41, 5.74) is 6.08. The standard InChI is InChI=1S/C14H18N4O3/c15-12(19)10-20-7-6-16-9-14-17-13(18-21-14)8-11-4-2-1-3-5-11/h1-5,16H,6-10H2,(H2,15,19). The zero-order valence-corrected chi connectivity index (χ0v) is 11.6. The number of carbonyl (C=O) groups is 1. The van der Waals surface area contributed by atoms with Gasteiger partial charge in [-0.3, -0.25) is 4.79 Å². The first-order valence-corrected chi connectivity index (χ1v) is 6.66. The van der Waals surface area contributed by atoms with Crippen LogP contribution in [0.5, 0.6) is 0 Å². The number of nitrogens with two attached hydrogens (primary N) is 1. The molecule has 7 nitrogen and oxygen atoms in total. The highest BCUT2D eigenvalue weighted by Gasteiger charge is 2.06. The third-order valence-electron chi connectivity index (χ3n) is 2.66. The fraction of sp³-hybridized carbons (Fsp3) is 0.357. The van der Waals surface area contributed by atoms with E-state index < -0.39 is 5.91 Å². The lowest BCUT2D eigenvalue weighted by atomic mass is 10.1. The van der Waals surface area contributed by atoms with Crippen molar-refractivity contribution in [1.82, 2.24) is 15.5 Å². The van der Waals surface area contributed by atoms with Gasteiger partial charge < -0.3 is 20.3 Å². The van der Waals surface area contributed by atoms with Gasteiger partial charge in [-0.1, -0.05) is 35.5 Å². The van der Waals surface area contributed by atoms with E-state index in [2.05, 4.69) is 15.5 Å². The van der Waals surface area contributed by atoms with Crippen molar-refractivity contribution in [3.8, 4) is 0 Å². The third-order valence-corrected chi connectivity index (χ3v) is 2.66. The van der Waals surface area contributed by atoms with E-state index in [9.17, 15) is 4.79 Å². The SMILES string of the molecule is NC(=O)COCCNCc1nc(Cc2ccccc2)no1. The highest BCUT2D eigenvalue weighted by atomic mass is 16.5. The van der Waals surface area contributed by atoms with Crippen molar-refractivity contribution in [1.29, 1.82) is 0 Å². The van der Waals surface area contributed by atoms with E-state index >= 15 is 0 Å². The first-order chi connectivity index (χ1) is 10.2. The maximum Gasteiger partial charge on any atom is 0.243 e. The van der Waals surface area contributed by atoms with Gasteiger partial charge in [0.25, 0.3) is 0 Å². The number of aromatic nitrogens is 2. The van der Waals surface area contributed by atoms with Gasteiger partial charge in [0.2, 0.25) is 11.8 Å². The molecule has 1 aromatic heterocycles. The van der Waals surface area contributed by atoms with Gasteiger partial charge in [0, 0.05) is 13.0 Å². The Morgan fingerprint density at radius 1 is 1.33 bits per heavy atom. The summed E-state index contributed by atoms with van der Waals surface area (Å²) in [7, 11) is 0. The predicted molar refractivity (Wildman–Crippen MR) is 75.3 cm³/mol. The number of nitrogens with one attached hydrogen (secondary N) is 1. The van der Waals surface area contributed by atoms with Crippen LogP contribution in [0.25, 0.3) is 0 Å². The largest absolute Gasteiger partial charge is 0.370 e. The van der Waals surface area contributed by atoms with Crippen LogP contribution >= 0.6 is 0 Å². The van der Waals surface area contributed by atoms with E-state index in [1.165, 1.54) is 0 Å². The molecule has 112 valence electrons. The first kappa shape index (κ1) is 15.1. The topological polar surface area (TPSA) is 103 Å². The lowest BCUT2D eigenvalue weighted by Crippen LogP contribution is -2.23. The number of amides is 1. The van der Waals surface area contributed by atoms with Gasteiger partial charge in [0.15, 0.2) is 5.82 Å². The van der Waals surface area contributed by atoms with Crippen LogP contribution in [-0.4, -0.2) is 35.8 Å². The Hall–Kier alpha value is -2.25. The summed E-state index contributed by atoms with van der Waals surface area (Å²) >= 11 is 0. The summed E-state index contributed by atoms with van der Waals surface area (Å²) in [6, 6.07) is 9.96. The van der Waals surface area contributed by atoms with Gasteiger partial charge in [-0.15, -0.1) is 0 Å². The molecule has 0 aliphatic rings. The van der Waals surface area contributed by atoms with E-state index in [1.807, 2.05) is 30.3 Å². The fourth-order valence-electron chi connectivity index (χ4n) is 1.72. The Labute approximate surface area is 122 Å². The molecule has 0 spiro atoms. The lowest BCUT2D eigenvalue weighted by molar-refractivity contribution is -0.122. The van der Waals surface area contributed by atoms with Crippen LogP contribution in [0.15, 0.2) is 34.9 Å². The molecule has 1 aromatic carbocycles.